The Hall–Kier alpha value is -0.313. The van der Waals surface area contributed by atoms with Crippen molar-refractivity contribution in [2.45, 2.75) is 26.8 Å². The van der Waals surface area contributed by atoms with Crippen LogP contribution in [-0.2, 0) is 0 Å². The molecule has 0 unspecified atom stereocenters. The third-order valence-electron chi connectivity index (χ3n) is 1.14. The smallest absolute Gasteiger partial charge is 0.0988 e. The summed E-state index contributed by atoms with van der Waals surface area (Å²) in [5.74, 6) is 0. The summed E-state index contributed by atoms with van der Waals surface area (Å²) in [4.78, 5) is 0. The lowest BCUT2D eigenvalue weighted by atomic mass is 10.0. The second-order valence-electron chi connectivity index (χ2n) is 3.59. The monoisotopic (exact) mass is 144 g/mol. The third kappa shape index (κ3) is 7.69. The van der Waals surface area contributed by atoms with Gasteiger partial charge in [-0.2, -0.15) is 0 Å². The minimum Gasteiger partial charge on any atom is -0.392 e. The summed E-state index contributed by atoms with van der Waals surface area (Å²) < 4.78 is 0. The van der Waals surface area contributed by atoms with Crippen LogP contribution in [0.15, 0.2) is 0 Å². The number of hydrogen-bond donors (Lipinski definition) is 2. The van der Waals surface area contributed by atoms with Crippen LogP contribution in [0.25, 0.3) is 0 Å². The number of rotatable bonds is 2. The normalized spacial score (nSPS) is 12.8. The Balaban J connectivity index is 3.39. The van der Waals surface area contributed by atoms with Gasteiger partial charge in [-0.1, -0.05) is 26.8 Å². The lowest BCUT2D eigenvalue weighted by molar-refractivity contribution is 0.468. The summed E-state index contributed by atoms with van der Waals surface area (Å²) in [5, 5.41) is 7.01. The fourth-order valence-electron chi connectivity index (χ4n) is 0.510. The topological polar surface area (TPSA) is 49.9 Å². The van der Waals surface area contributed by atoms with Crippen LogP contribution in [0.5, 0.6) is 0 Å². The van der Waals surface area contributed by atoms with E-state index in [0.717, 1.165) is 6.04 Å². The summed E-state index contributed by atoms with van der Waals surface area (Å²) in [6.45, 7) is 6.55. The maximum atomic E-state index is 7.01. The average molecular weight is 144 g/mol. The van der Waals surface area contributed by atoms with Gasteiger partial charge in [-0.3, -0.25) is 5.41 Å². The summed E-state index contributed by atoms with van der Waals surface area (Å²) in [6.07, 6.45) is 0. The van der Waals surface area contributed by atoms with Gasteiger partial charge in [0.1, 0.15) is 0 Å². The number of amidine groups is 1. The first-order chi connectivity index (χ1) is 3.92. The van der Waals surface area contributed by atoms with Gasteiger partial charge in [0.25, 0.3) is 0 Å². The lowest BCUT2D eigenvalue weighted by Gasteiger charge is -2.16. The molecule has 0 amide bonds. The zero-order chi connectivity index (χ0) is 7.49. The highest BCUT2D eigenvalue weighted by Gasteiger charge is 2.09. The van der Waals surface area contributed by atoms with Crippen molar-refractivity contribution in [1.82, 2.24) is 0 Å². The highest BCUT2D eigenvalue weighted by atomic mass is 28.2. The van der Waals surface area contributed by atoms with E-state index in [-0.39, 0.29) is 0 Å². The molecule has 0 fully saturated rings. The Labute approximate surface area is 59.2 Å². The van der Waals surface area contributed by atoms with Gasteiger partial charge < -0.3 is 5.73 Å². The average Bonchev–Trinajstić information content (AvgIpc) is 1.59. The van der Waals surface area contributed by atoms with Crippen LogP contribution in [-0.4, -0.2) is 15.0 Å². The van der Waals surface area contributed by atoms with Crippen molar-refractivity contribution >= 4 is 15.0 Å². The fourth-order valence-corrected chi connectivity index (χ4v) is 1.53. The second kappa shape index (κ2) is 3.01. The molecule has 0 radical (unpaired) electrons. The molecule has 0 rings (SSSR count). The predicted molar refractivity (Wildman–Crippen MR) is 44.7 cm³/mol. The van der Waals surface area contributed by atoms with Crippen molar-refractivity contribution < 1.29 is 0 Å². The Morgan fingerprint density at radius 1 is 1.56 bits per heavy atom. The largest absolute Gasteiger partial charge is 0.392 e. The molecule has 0 aromatic heterocycles. The SMILES string of the molecule is CC(C)(C)C[SiH2]C(=N)N. The Kier molecular flexibility index (Phi) is 2.90. The molecule has 0 heterocycles. The van der Waals surface area contributed by atoms with E-state index in [1.54, 1.807) is 0 Å². The Morgan fingerprint density at radius 2 is 2.00 bits per heavy atom. The van der Waals surface area contributed by atoms with Crippen molar-refractivity contribution in [3.05, 3.63) is 0 Å². The first-order valence-electron chi connectivity index (χ1n) is 3.25. The molecule has 0 saturated carbocycles. The highest BCUT2D eigenvalue weighted by Crippen LogP contribution is 2.17. The summed E-state index contributed by atoms with van der Waals surface area (Å²) in [6, 6.07) is 1.14. The van der Waals surface area contributed by atoms with Gasteiger partial charge in [0.2, 0.25) is 0 Å². The minimum atomic E-state index is -0.397. The van der Waals surface area contributed by atoms with E-state index in [4.69, 9.17) is 11.1 Å². The quantitative estimate of drug-likeness (QED) is 0.331. The fraction of sp³-hybridized carbons (Fsp3) is 0.833. The Morgan fingerprint density at radius 3 is 2.11 bits per heavy atom. The molecule has 0 atom stereocenters. The number of nitrogens with two attached hydrogens (primary N) is 1. The van der Waals surface area contributed by atoms with Crippen LogP contribution < -0.4 is 5.73 Å². The zero-order valence-electron chi connectivity index (χ0n) is 6.49. The molecule has 9 heavy (non-hydrogen) atoms. The van der Waals surface area contributed by atoms with Gasteiger partial charge in [-0.05, 0) is 5.41 Å². The number of nitrogens with one attached hydrogen (secondary N) is 1. The van der Waals surface area contributed by atoms with E-state index in [0.29, 0.717) is 10.9 Å². The third-order valence-corrected chi connectivity index (χ3v) is 3.43. The zero-order valence-corrected chi connectivity index (χ0v) is 7.91. The van der Waals surface area contributed by atoms with Gasteiger partial charge in [-0.25, -0.2) is 0 Å². The molecular weight excluding hydrogens is 128 g/mol. The molecule has 2 nitrogen and oxygen atoms in total. The van der Waals surface area contributed by atoms with E-state index >= 15 is 0 Å². The molecule has 3 N–H and O–H groups in total. The van der Waals surface area contributed by atoms with Crippen molar-refractivity contribution in [1.29, 1.82) is 5.41 Å². The van der Waals surface area contributed by atoms with Gasteiger partial charge in [0.15, 0.2) is 0 Å². The molecule has 0 aliphatic carbocycles. The molecule has 0 aliphatic rings. The van der Waals surface area contributed by atoms with Gasteiger partial charge in [-0.15, -0.1) is 0 Å². The van der Waals surface area contributed by atoms with Crippen LogP contribution in [0, 0.1) is 10.8 Å². The molecule has 0 aliphatic heterocycles. The van der Waals surface area contributed by atoms with Crippen LogP contribution in [0.3, 0.4) is 0 Å². The van der Waals surface area contributed by atoms with E-state index < -0.39 is 9.52 Å². The van der Waals surface area contributed by atoms with Crippen LogP contribution >= 0.6 is 0 Å². The first-order valence-corrected chi connectivity index (χ1v) is 4.95. The van der Waals surface area contributed by atoms with Crippen molar-refractivity contribution in [3.63, 3.8) is 0 Å². The van der Waals surface area contributed by atoms with Crippen LogP contribution in [0.4, 0.5) is 0 Å². The molecule has 54 valence electrons. The standard InChI is InChI=1S/C6H16N2Si/c1-6(2,3)4-9-5(7)8/h4,9H2,1-3H3,(H3,7,8). The highest BCUT2D eigenvalue weighted by molar-refractivity contribution is 6.73. The maximum absolute atomic E-state index is 7.01. The summed E-state index contributed by atoms with van der Waals surface area (Å²) >= 11 is 0. The molecule has 0 aromatic carbocycles. The molecule has 0 saturated heterocycles. The maximum Gasteiger partial charge on any atom is 0.0988 e. The van der Waals surface area contributed by atoms with Gasteiger partial charge in [0, 0.05) is 0 Å². The molecule has 0 spiro atoms. The van der Waals surface area contributed by atoms with E-state index in [2.05, 4.69) is 20.8 Å². The molecule has 0 aromatic rings. The first kappa shape index (κ1) is 8.69. The van der Waals surface area contributed by atoms with Gasteiger partial charge in [0.05, 0.1) is 15.0 Å². The van der Waals surface area contributed by atoms with E-state index in [1.165, 1.54) is 0 Å². The van der Waals surface area contributed by atoms with Crippen molar-refractivity contribution in [2.24, 2.45) is 11.1 Å². The number of hydrogen-bond acceptors (Lipinski definition) is 1. The summed E-state index contributed by atoms with van der Waals surface area (Å²) in [7, 11) is -0.397. The summed E-state index contributed by atoms with van der Waals surface area (Å²) in [5.41, 5.74) is 6.05. The van der Waals surface area contributed by atoms with Gasteiger partial charge >= 0.3 is 0 Å². The van der Waals surface area contributed by atoms with E-state index in [1.807, 2.05) is 0 Å². The second-order valence-corrected chi connectivity index (χ2v) is 5.35. The van der Waals surface area contributed by atoms with Crippen LogP contribution in [0.1, 0.15) is 20.8 Å². The Bertz CT molecular complexity index is 104. The van der Waals surface area contributed by atoms with Crippen molar-refractivity contribution in [3.8, 4) is 0 Å². The lowest BCUT2D eigenvalue weighted by Crippen LogP contribution is -2.22. The molecule has 3 heteroatoms. The predicted octanol–water partition coefficient (Wildman–Crippen LogP) is 0.513. The van der Waals surface area contributed by atoms with E-state index in [9.17, 15) is 0 Å². The molecule has 0 bridgehead atoms. The van der Waals surface area contributed by atoms with Crippen molar-refractivity contribution in [2.75, 3.05) is 0 Å². The van der Waals surface area contributed by atoms with Crippen LogP contribution in [0.2, 0.25) is 6.04 Å². The minimum absolute atomic E-state index is 0.373. The molecular formula is C6H16N2Si.